The molecule has 4 heteroatoms. The van der Waals surface area contributed by atoms with Crippen LogP contribution in [0, 0.1) is 0 Å². The highest BCUT2D eigenvalue weighted by Gasteiger charge is 2.39. The fourth-order valence-electron chi connectivity index (χ4n) is 7.98. The molecular weight excluding hydrogens is 627 g/mol. The Hall–Kier alpha value is -5.97. The molecule has 1 aliphatic rings. The number of hydrogen-bond acceptors (Lipinski definition) is 4. The van der Waals surface area contributed by atoms with Crippen LogP contribution in [0.15, 0.2) is 152 Å². The average molecular weight is 658 g/mol. The quantitative estimate of drug-likeness (QED) is 0.189. The molecule has 3 nitrogen and oxygen atoms in total. The molecule has 1 aliphatic carbocycles. The number of thiophene rings is 1. The molecule has 50 heavy (non-hydrogen) atoms. The summed E-state index contributed by atoms with van der Waals surface area (Å²) in [6.45, 7) is 4.74. The van der Waals surface area contributed by atoms with E-state index in [1.54, 1.807) is 0 Å². The van der Waals surface area contributed by atoms with Crippen LogP contribution in [-0.4, -0.2) is 15.0 Å². The Kier molecular flexibility index (Phi) is 6.39. The van der Waals surface area contributed by atoms with Crippen molar-refractivity contribution in [1.29, 1.82) is 0 Å². The molecular formula is C46H31N3S. The second-order valence-corrected chi connectivity index (χ2v) is 14.7. The Morgan fingerprint density at radius 1 is 0.460 bits per heavy atom. The highest BCUT2D eigenvalue weighted by molar-refractivity contribution is 7.25. The van der Waals surface area contributed by atoms with E-state index in [4.69, 9.17) is 15.0 Å². The van der Waals surface area contributed by atoms with Crippen molar-refractivity contribution in [3.8, 4) is 56.4 Å². The van der Waals surface area contributed by atoms with Crippen molar-refractivity contribution < 1.29 is 0 Å². The molecule has 0 saturated carbocycles. The van der Waals surface area contributed by atoms with Gasteiger partial charge in [0.1, 0.15) is 0 Å². The lowest BCUT2D eigenvalue weighted by Gasteiger charge is -2.24. The first-order valence-electron chi connectivity index (χ1n) is 17.0. The van der Waals surface area contributed by atoms with Crippen LogP contribution in [0.2, 0.25) is 0 Å². The van der Waals surface area contributed by atoms with Gasteiger partial charge >= 0.3 is 0 Å². The number of nitrogens with zero attached hydrogens (tertiary/aromatic N) is 3. The Bertz CT molecular complexity index is 2720. The molecule has 0 radical (unpaired) electrons. The van der Waals surface area contributed by atoms with E-state index in [0.717, 1.165) is 16.7 Å². The summed E-state index contributed by atoms with van der Waals surface area (Å²) in [6, 6.07) is 54.1. The smallest absolute Gasteiger partial charge is 0.164 e. The zero-order valence-electron chi connectivity index (χ0n) is 27.7. The predicted octanol–water partition coefficient (Wildman–Crippen LogP) is 12.4. The van der Waals surface area contributed by atoms with Crippen LogP contribution in [0.5, 0.6) is 0 Å². The maximum absolute atomic E-state index is 5.07. The van der Waals surface area contributed by atoms with Crippen LogP contribution in [0.25, 0.3) is 87.4 Å². The molecule has 0 saturated heterocycles. The van der Waals surface area contributed by atoms with Crippen molar-refractivity contribution in [2.24, 2.45) is 0 Å². The van der Waals surface area contributed by atoms with E-state index in [1.165, 1.54) is 64.3 Å². The third-order valence-electron chi connectivity index (χ3n) is 10.3. The van der Waals surface area contributed by atoms with Crippen LogP contribution in [0.4, 0.5) is 0 Å². The van der Waals surface area contributed by atoms with Gasteiger partial charge in [-0.3, -0.25) is 0 Å². The first kappa shape index (κ1) is 29.0. The molecule has 0 aliphatic heterocycles. The van der Waals surface area contributed by atoms with Gasteiger partial charge in [0.15, 0.2) is 17.5 Å². The molecule has 9 aromatic rings. The van der Waals surface area contributed by atoms with E-state index < -0.39 is 0 Å². The zero-order chi connectivity index (χ0) is 33.4. The summed E-state index contributed by atoms with van der Waals surface area (Å²) in [6.07, 6.45) is 0. The summed E-state index contributed by atoms with van der Waals surface area (Å²) < 4.78 is 2.64. The molecule has 2 aromatic heterocycles. The van der Waals surface area contributed by atoms with Gasteiger partial charge in [-0.15, -0.1) is 11.3 Å². The zero-order valence-corrected chi connectivity index (χ0v) is 28.5. The Morgan fingerprint density at radius 2 is 1.06 bits per heavy atom. The summed E-state index contributed by atoms with van der Waals surface area (Å²) in [4.78, 5) is 15.1. The third kappa shape index (κ3) is 4.38. The van der Waals surface area contributed by atoms with Crippen molar-refractivity contribution in [3.63, 3.8) is 0 Å². The van der Waals surface area contributed by atoms with Crippen LogP contribution in [0.1, 0.15) is 25.0 Å². The summed E-state index contributed by atoms with van der Waals surface area (Å²) in [5.74, 6) is 2.01. The Morgan fingerprint density at radius 3 is 1.78 bits per heavy atom. The topological polar surface area (TPSA) is 38.7 Å². The van der Waals surface area contributed by atoms with Crippen LogP contribution >= 0.6 is 11.3 Å². The van der Waals surface area contributed by atoms with Gasteiger partial charge in [-0.05, 0) is 68.4 Å². The number of rotatable bonds is 4. The van der Waals surface area contributed by atoms with E-state index in [0.29, 0.717) is 17.5 Å². The molecule has 0 bridgehead atoms. The first-order chi connectivity index (χ1) is 24.5. The average Bonchev–Trinajstić information content (AvgIpc) is 3.67. The van der Waals surface area contributed by atoms with Gasteiger partial charge in [0.2, 0.25) is 0 Å². The summed E-state index contributed by atoms with van der Waals surface area (Å²) in [7, 11) is 0. The van der Waals surface area contributed by atoms with E-state index >= 15 is 0 Å². The lowest BCUT2D eigenvalue weighted by molar-refractivity contribution is 0.666. The van der Waals surface area contributed by atoms with Crippen molar-refractivity contribution in [1.82, 2.24) is 15.0 Å². The van der Waals surface area contributed by atoms with Gasteiger partial charge in [0.05, 0.1) is 0 Å². The Balaban J connectivity index is 1.22. The van der Waals surface area contributed by atoms with Gasteiger partial charge in [0, 0.05) is 42.3 Å². The minimum absolute atomic E-state index is 0.265. The molecule has 0 amide bonds. The fraction of sp³-hybridized carbons (Fsp3) is 0.0652. The Labute approximate surface area is 294 Å². The molecule has 7 aromatic carbocycles. The largest absolute Gasteiger partial charge is 0.208 e. The van der Waals surface area contributed by atoms with Crippen LogP contribution in [-0.2, 0) is 5.41 Å². The maximum atomic E-state index is 5.07. The van der Waals surface area contributed by atoms with Gasteiger partial charge in [0.25, 0.3) is 0 Å². The van der Waals surface area contributed by atoms with Gasteiger partial charge in [-0.25, -0.2) is 15.0 Å². The molecule has 10 rings (SSSR count). The minimum Gasteiger partial charge on any atom is -0.208 e. The van der Waals surface area contributed by atoms with Crippen molar-refractivity contribution in [2.45, 2.75) is 19.3 Å². The summed E-state index contributed by atoms with van der Waals surface area (Å²) in [5.41, 5.74) is 10.5. The molecule has 0 unspecified atom stereocenters. The number of hydrogen-bond donors (Lipinski definition) is 0. The van der Waals surface area contributed by atoms with Crippen LogP contribution in [0.3, 0.4) is 0 Å². The standard InChI is InChI=1S/C46H31N3S/c1-46(2)37-27-31(45-48-43(28-14-5-3-6-15-28)47-44(49-45)29-16-7-4-8-17-29)24-25-34(37)41-36(26-30-18-9-10-19-32(30)42(41)46)33-21-13-23-39-40(33)35-20-11-12-22-38(35)50-39/h3-27H,1-2H3. The second kappa shape index (κ2) is 11.0. The first-order valence-corrected chi connectivity index (χ1v) is 17.9. The fourth-order valence-corrected chi connectivity index (χ4v) is 9.11. The van der Waals surface area contributed by atoms with Gasteiger partial charge < -0.3 is 0 Å². The highest BCUT2D eigenvalue weighted by Crippen LogP contribution is 2.56. The maximum Gasteiger partial charge on any atom is 0.164 e. The van der Waals surface area contributed by atoms with E-state index in [1.807, 2.05) is 47.7 Å². The van der Waals surface area contributed by atoms with Gasteiger partial charge in [-0.1, -0.05) is 141 Å². The van der Waals surface area contributed by atoms with Gasteiger partial charge in [-0.2, -0.15) is 0 Å². The van der Waals surface area contributed by atoms with Crippen molar-refractivity contribution in [3.05, 3.63) is 163 Å². The predicted molar refractivity (Wildman–Crippen MR) is 210 cm³/mol. The van der Waals surface area contributed by atoms with Crippen molar-refractivity contribution in [2.75, 3.05) is 0 Å². The normalized spacial score (nSPS) is 13.2. The highest BCUT2D eigenvalue weighted by atomic mass is 32.1. The molecule has 236 valence electrons. The molecule has 0 atom stereocenters. The number of aromatic nitrogens is 3. The molecule has 2 heterocycles. The third-order valence-corrected chi connectivity index (χ3v) is 11.4. The monoisotopic (exact) mass is 657 g/mol. The molecule has 0 N–H and O–H groups in total. The number of benzene rings is 7. The lowest BCUT2D eigenvalue weighted by Crippen LogP contribution is -2.16. The van der Waals surface area contributed by atoms with Crippen LogP contribution < -0.4 is 0 Å². The molecule has 0 fully saturated rings. The SMILES string of the molecule is CC1(C)c2cc(-c3nc(-c4ccccc4)nc(-c4ccccc4)n3)ccc2-c2c(-c3cccc4sc5ccccc5c34)cc3ccccc3c21. The molecule has 0 spiro atoms. The summed E-state index contributed by atoms with van der Waals surface area (Å²) >= 11 is 1.87. The minimum atomic E-state index is -0.265. The van der Waals surface area contributed by atoms with E-state index in [2.05, 4.69) is 129 Å². The van der Waals surface area contributed by atoms with Crippen molar-refractivity contribution >= 4 is 42.3 Å². The number of fused-ring (bicyclic) bond motifs is 8. The second-order valence-electron chi connectivity index (χ2n) is 13.6. The van der Waals surface area contributed by atoms with E-state index in [-0.39, 0.29) is 5.41 Å². The van der Waals surface area contributed by atoms with E-state index in [9.17, 15) is 0 Å². The summed E-state index contributed by atoms with van der Waals surface area (Å²) in [5, 5.41) is 5.21. The lowest BCUT2D eigenvalue weighted by atomic mass is 9.78.